The second-order valence-corrected chi connectivity index (χ2v) is 9.29. The van der Waals surface area contributed by atoms with E-state index in [9.17, 15) is 18.3 Å². The molecule has 0 bridgehead atoms. The van der Waals surface area contributed by atoms with Gasteiger partial charge in [0.05, 0.1) is 24.1 Å². The molecule has 0 radical (unpaired) electrons. The maximum absolute atomic E-state index is 12.8. The Hall–Kier alpha value is -3.76. The molecular formula is C24H27ClN4O5S. The zero-order valence-electron chi connectivity index (χ0n) is 19.2. The summed E-state index contributed by atoms with van der Waals surface area (Å²) < 4.78 is 33.0. The fourth-order valence-electron chi connectivity index (χ4n) is 3.24. The number of benzene rings is 3. The van der Waals surface area contributed by atoms with Crippen molar-refractivity contribution in [3.63, 3.8) is 0 Å². The number of hydrogen-bond acceptors (Lipinski definition) is 6. The number of ether oxygens (including phenoxy) is 1. The van der Waals surface area contributed by atoms with Crippen LogP contribution in [0.1, 0.15) is 22.3 Å². The van der Waals surface area contributed by atoms with E-state index < -0.39 is 10.0 Å². The number of nitrogen functional groups attached to an aromatic ring is 1. The number of aromatic hydroxyl groups is 1. The Morgan fingerprint density at radius 2 is 1.80 bits per heavy atom. The van der Waals surface area contributed by atoms with Crippen LogP contribution in [-0.4, -0.2) is 32.4 Å². The lowest BCUT2D eigenvalue weighted by Crippen LogP contribution is -2.25. The minimum Gasteiger partial charge on any atom is -0.505 e. The zero-order chi connectivity index (χ0) is 24.9. The highest BCUT2D eigenvalue weighted by molar-refractivity contribution is 7.92. The first-order chi connectivity index (χ1) is 16.1. The number of nitrogens with one attached hydrogen (secondary N) is 3. The van der Waals surface area contributed by atoms with Gasteiger partial charge in [-0.3, -0.25) is 14.9 Å². The molecule has 0 aromatic heterocycles. The standard InChI is InChI=1S/C24H26N4O5S.ClH/c1-15-6-11-21(28-34(31,32)19-5-3-4-18(12-19)33-2)23(30)20(15)13-22(29)27-14-16-7-9-17(10-8-16)24(25)26;/h3-12,28,30H,13-14H2,1-2H3,(H3,25,26)(H,27,29);1H. The van der Waals surface area contributed by atoms with Crippen molar-refractivity contribution in [2.75, 3.05) is 11.8 Å². The highest BCUT2D eigenvalue weighted by atomic mass is 35.5. The Morgan fingerprint density at radius 3 is 2.43 bits per heavy atom. The quantitative estimate of drug-likeness (QED) is 0.166. The van der Waals surface area contributed by atoms with Crippen molar-refractivity contribution in [3.8, 4) is 11.5 Å². The minimum absolute atomic E-state index is 0. The van der Waals surface area contributed by atoms with Crippen LogP contribution in [0.15, 0.2) is 65.6 Å². The molecule has 35 heavy (non-hydrogen) atoms. The molecule has 3 rings (SSSR count). The van der Waals surface area contributed by atoms with Gasteiger partial charge in [0, 0.05) is 23.7 Å². The van der Waals surface area contributed by atoms with Gasteiger partial charge in [-0.25, -0.2) is 8.42 Å². The molecule has 0 fully saturated rings. The van der Waals surface area contributed by atoms with E-state index in [1.807, 2.05) is 0 Å². The van der Waals surface area contributed by atoms with E-state index in [0.717, 1.165) is 5.56 Å². The number of rotatable bonds is 9. The molecule has 0 unspecified atom stereocenters. The molecular weight excluding hydrogens is 492 g/mol. The van der Waals surface area contributed by atoms with Crippen molar-refractivity contribution in [3.05, 3.63) is 82.9 Å². The second kappa shape index (κ2) is 11.6. The van der Waals surface area contributed by atoms with Crippen molar-refractivity contribution < 1.29 is 23.1 Å². The number of hydrogen-bond donors (Lipinski definition) is 5. The molecule has 0 saturated heterocycles. The summed E-state index contributed by atoms with van der Waals surface area (Å²) >= 11 is 0. The molecule has 11 heteroatoms. The van der Waals surface area contributed by atoms with Crippen molar-refractivity contribution in [2.45, 2.75) is 24.8 Å². The number of anilines is 1. The van der Waals surface area contributed by atoms with Crippen LogP contribution in [0.4, 0.5) is 5.69 Å². The summed E-state index contributed by atoms with van der Waals surface area (Å²) in [7, 11) is -2.56. The molecule has 3 aromatic carbocycles. The Morgan fingerprint density at radius 1 is 1.11 bits per heavy atom. The molecule has 0 aliphatic heterocycles. The average molecular weight is 519 g/mol. The Balaban J connectivity index is 0.00000432. The van der Waals surface area contributed by atoms with Crippen LogP contribution in [0, 0.1) is 12.3 Å². The van der Waals surface area contributed by atoms with Gasteiger partial charge in [-0.2, -0.15) is 0 Å². The summed E-state index contributed by atoms with van der Waals surface area (Å²) in [4.78, 5) is 12.5. The topological polar surface area (TPSA) is 155 Å². The van der Waals surface area contributed by atoms with E-state index >= 15 is 0 Å². The first-order valence-electron chi connectivity index (χ1n) is 10.3. The number of sulfonamides is 1. The summed E-state index contributed by atoms with van der Waals surface area (Å²) in [6.45, 7) is 1.97. The summed E-state index contributed by atoms with van der Waals surface area (Å²) in [5, 5.41) is 20.9. The molecule has 3 aromatic rings. The van der Waals surface area contributed by atoms with Crippen molar-refractivity contribution >= 4 is 39.9 Å². The monoisotopic (exact) mass is 518 g/mol. The van der Waals surface area contributed by atoms with Gasteiger partial charge in [0.15, 0.2) is 0 Å². The van der Waals surface area contributed by atoms with E-state index in [1.54, 1.807) is 49.4 Å². The van der Waals surface area contributed by atoms with Crippen LogP contribution in [-0.2, 0) is 27.8 Å². The van der Waals surface area contributed by atoms with E-state index in [-0.39, 0.29) is 53.4 Å². The minimum atomic E-state index is -4.00. The summed E-state index contributed by atoms with van der Waals surface area (Å²) in [5.41, 5.74) is 7.77. The van der Waals surface area contributed by atoms with Crippen molar-refractivity contribution in [1.29, 1.82) is 5.41 Å². The molecule has 0 saturated carbocycles. The Kier molecular flexibility index (Phi) is 9.10. The predicted molar refractivity (Wildman–Crippen MR) is 137 cm³/mol. The smallest absolute Gasteiger partial charge is 0.262 e. The summed E-state index contributed by atoms with van der Waals surface area (Å²) in [6, 6.07) is 15.9. The van der Waals surface area contributed by atoms with Gasteiger partial charge in [-0.1, -0.05) is 36.4 Å². The van der Waals surface area contributed by atoms with Gasteiger partial charge in [0.1, 0.15) is 17.3 Å². The summed E-state index contributed by atoms with van der Waals surface area (Å²) in [6.07, 6.45) is -0.141. The fourth-order valence-corrected chi connectivity index (χ4v) is 4.34. The molecule has 1 amide bonds. The van der Waals surface area contributed by atoms with Gasteiger partial charge in [0.2, 0.25) is 5.91 Å². The third kappa shape index (κ3) is 6.87. The Bertz CT molecular complexity index is 1330. The molecule has 6 N–H and O–H groups in total. The lowest BCUT2D eigenvalue weighted by atomic mass is 10.0. The summed E-state index contributed by atoms with van der Waals surface area (Å²) in [5.74, 6) is -0.318. The fraction of sp³-hybridized carbons (Fsp3) is 0.167. The Labute approximate surface area is 210 Å². The molecule has 0 atom stereocenters. The van der Waals surface area contributed by atoms with Gasteiger partial charge < -0.3 is 20.9 Å². The van der Waals surface area contributed by atoms with Crippen LogP contribution < -0.4 is 20.5 Å². The molecule has 186 valence electrons. The third-order valence-electron chi connectivity index (χ3n) is 5.20. The zero-order valence-corrected chi connectivity index (χ0v) is 20.8. The molecule has 9 nitrogen and oxygen atoms in total. The normalized spacial score (nSPS) is 10.7. The third-order valence-corrected chi connectivity index (χ3v) is 6.57. The first kappa shape index (κ1) is 27.5. The lowest BCUT2D eigenvalue weighted by molar-refractivity contribution is -0.120. The predicted octanol–water partition coefficient (Wildman–Crippen LogP) is 3.07. The van der Waals surface area contributed by atoms with Crippen LogP contribution >= 0.6 is 12.4 Å². The van der Waals surface area contributed by atoms with Crippen LogP contribution in [0.3, 0.4) is 0 Å². The largest absolute Gasteiger partial charge is 0.505 e. The first-order valence-corrected chi connectivity index (χ1v) is 11.8. The molecule has 0 spiro atoms. The average Bonchev–Trinajstić information content (AvgIpc) is 2.82. The van der Waals surface area contributed by atoms with Crippen LogP contribution in [0.2, 0.25) is 0 Å². The molecule has 0 aliphatic carbocycles. The number of carbonyl (C=O) groups excluding carboxylic acids is 1. The number of methoxy groups -OCH3 is 1. The maximum Gasteiger partial charge on any atom is 0.262 e. The van der Waals surface area contributed by atoms with Crippen molar-refractivity contribution in [1.82, 2.24) is 5.32 Å². The number of nitrogens with two attached hydrogens (primary N) is 1. The van der Waals surface area contributed by atoms with Gasteiger partial charge in [-0.05, 0) is 36.2 Å². The van der Waals surface area contributed by atoms with E-state index in [2.05, 4.69) is 10.0 Å². The number of carbonyl (C=O) groups is 1. The van der Waals surface area contributed by atoms with Crippen LogP contribution in [0.25, 0.3) is 0 Å². The van der Waals surface area contributed by atoms with Gasteiger partial charge in [0.25, 0.3) is 10.0 Å². The molecule has 0 aliphatic rings. The number of amidine groups is 1. The highest BCUT2D eigenvalue weighted by Gasteiger charge is 2.20. The van der Waals surface area contributed by atoms with Crippen molar-refractivity contribution in [2.24, 2.45) is 5.73 Å². The number of phenols is 1. The van der Waals surface area contributed by atoms with E-state index in [4.69, 9.17) is 15.9 Å². The number of halogens is 1. The van der Waals surface area contributed by atoms with E-state index in [1.165, 1.54) is 25.3 Å². The van der Waals surface area contributed by atoms with Gasteiger partial charge in [-0.15, -0.1) is 12.4 Å². The lowest BCUT2D eigenvalue weighted by Gasteiger charge is -2.15. The number of amides is 1. The number of phenolic OH excluding ortho intramolecular Hbond substituents is 1. The molecule has 0 heterocycles. The van der Waals surface area contributed by atoms with Crippen LogP contribution in [0.5, 0.6) is 11.5 Å². The second-order valence-electron chi connectivity index (χ2n) is 7.61. The SMILES string of the molecule is COc1cccc(S(=O)(=O)Nc2ccc(C)c(CC(=O)NCc3ccc(C(=N)N)cc3)c2O)c1.Cl. The maximum atomic E-state index is 12.8. The van der Waals surface area contributed by atoms with Gasteiger partial charge >= 0.3 is 0 Å². The highest BCUT2D eigenvalue weighted by Crippen LogP contribution is 2.32. The van der Waals surface area contributed by atoms with E-state index in [0.29, 0.717) is 22.4 Å². The number of aryl methyl sites for hydroxylation is 1.